The molecule has 1 heterocycles. The number of carbonyl (C=O) groups is 1. The van der Waals surface area contributed by atoms with Crippen LogP contribution in [0.25, 0.3) is 0 Å². The lowest BCUT2D eigenvalue weighted by Crippen LogP contribution is -2.17. The summed E-state index contributed by atoms with van der Waals surface area (Å²) in [6, 6.07) is 0. The van der Waals surface area contributed by atoms with Crippen molar-refractivity contribution in [3.8, 4) is 0 Å². The van der Waals surface area contributed by atoms with Gasteiger partial charge in [0.2, 0.25) is 5.91 Å². The van der Waals surface area contributed by atoms with Gasteiger partial charge in [0.05, 0.1) is 26.4 Å². The molecule has 0 unspecified atom stereocenters. The number of amides is 1. The van der Waals surface area contributed by atoms with Gasteiger partial charge in [0.25, 0.3) is 0 Å². The lowest BCUT2D eigenvalue weighted by atomic mass is 10.4. The number of hydrogen-bond acceptors (Lipinski definition) is 4. The molecule has 0 saturated carbocycles. The van der Waals surface area contributed by atoms with Crippen molar-refractivity contribution in [2.45, 2.75) is 12.8 Å². The molecular weight excluding hydrogens is 210 g/mol. The van der Waals surface area contributed by atoms with E-state index in [2.05, 4.69) is 0 Å². The second kappa shape index (κ2) is 10.9. The van der Waals surface area contributed by atoms with Crippen LogP contribution in [-0.2, 0) is 19.0 Å². The minimum atomic E-state index is 0.292. The van der Waals surface area contributed by atoms with Crippen molar-refractivity contribution in [3.63, 3.8) is 0 Å². The molecule has 96 valence electrons. The largest absolute Gasteiger partial charge is 0.382 e. The van der Waals surface area contributed by atoms with Crippen molar-refractivity contribution >= 4 is 5.91 Å². The predicted molar refractivity (Wildman–Crippen MR) is 61.4 cm³/mol. The summed E-state index contributed by atoms with van der Waals surface area (Å²) in [5.41, 5.74) is 0. The van der Waals surface area contributed by atoms with Gasteiger partial charge in [-0.3, -0.25) is 4.79 Å². The summed E-state index contributed by atoms with van der Waals surface area (Å²) in [5.74, 6) is 0.292. The fourth-order valence-corrected chi connectivity index (χ4v) is 1.17. The van der Waals surface area contributed by atoms with Crippen LogP contribution >= 0.6 is 0 Å². The Morgan fingerprint density at radius 2 is 1.69 bits per heavy atom. The first-order chi connectivity index (χ1) is 7.72. The first-order valence-corrected chi connectivity index (χ1v) is 5.52. The summed E-state index contributed by atoms with van der Waals surface area (Å²) in [4.78, 5) is 12.3. The molecule has 0 radical (unpaired) electrons. The molecule has 0 aromatic carbocycles. The minimum Gasteiger partial charge on any atom is -0.382 e. The van der Waals surface area contributed by atoms with Gasteiger partial charge >= 0.3 is 0 Å². The van der Waals surface area contributed by atoms with Crippen LogP contribution in [0.1, 0.15) is 12.8 Å². The van der Waals surface area contributed by atoms with E-state index in [4.69, 9.17) is 14.2 Å². The quantitative estimate of drug-likeness (QED) is 0.628. The third kappa shape index (κ3) is 8.64. The zero-order valence-corrected chi connectivity index (χ0v) is 10.5. The van der Waals surface area contributed by atoms with Gasteiger partial charge in [-0.25, -0.2) is 0 Å². The van der Waals surface area contributed by atoms with Crippen molar-refractivity contribution in [2.24, 2.45) is 0 Å². The normalized spacial score (nSPS) is 14.9. The smallest absolute Gasteiger partial charge is 0.222 e. The lowest BCUT2D eigenvalue weighted by Gasteiger charge is -2.03. The van der Waals surface area contributed by atoms with Crippen LogP contribution in [0, 0.1) is 0 Å². The molecule has 0 aromatic rings. The first-order valence-electron chi connectivity index (χ1n) is 5.52. The molecular formula is C11H23NO4. The highest BCUT2D eigenvalue weighted by Gasteiger charge is 2.14. The number of carbonyl (C=O) groups excluding carboxylic acids is 1. The highest BCUT2D eigenvalue weighted by atomic mass is 16.5. The molecule has 0 spiro atoms. The summed E-state index contributed by atoms with van der Waals surface area (Å²) >= 11 is 0. The molecule has 0 bridgehead atoms. The predicted octanol–water partition coefficient (Wildman–Crippen LogP) is 0.534. The fourth-order valence-electron chi connectivity index (χ4n) is 1.17. The number of rotatable bonds is 6. The number of likely N-dealkylation sites (tertiary alicyclic amines) is 1. The first kappa shape index (κ1) is 15.3. The maximum Gasteiger partial charge on any atom is 0.222 e. The lowest BCUT2D eigenvalue weighted by molar-refractivity contribution is -0.126. The van der Waals surface area contributed by atoms with Gasteiger partial charge in [-0.1, -0.05) is 0 Å². The third-order valence-corrected chi connectivity index (χ3v) is 2.17. The Balaban J connectivity index is 0.000000288. The summed E-state index contributed by atoms with van der Waals surface area (Å²) in [7, 11) is 5.15. The van der Waals surface area contributed by atoms with Gasteiger partial charge in [0, 0.05) is 34.2 Å². The summed E-state index contributed by atoms with van der Waals surface area (Å²) in [5, 5.41) is 0. The van der Waals surface area contributed by atoms with Crippen molar-refractivity contribution in [2.75, 3.05) is 54.2 Å². The number of methoxy groups -OCH3 is 2. The van der Waals surface area contributed by atoms with E-state index in [-0.39, 0.29) is 0 Å². The van der Waals surface area contributed by atoms with Crippen molar-refractivity contribution in [1.29, 1.82) is 0 Å². The number of nitrogens with zero attached hydrogens (tertiary/aromatic N) is 1. The average Bonchev–Trinajstić information content (AvgIpc) is 2.64. The van der Waals surface area contributed by atoms with Gasteiger partial charge in [0.1, 0.15) is 0 Å². The van der Waals surface area contributed by atoms with Crippen LogP contribution < -0.4 is 0 Å². The Bertz CT molecular complexity index is 169. The van der Waals surface area contributed by atoms with E-state index in [0.717, 1.165) is 19.4 Å². The Kier molecular flexibility index (Phi) is 10.4. The van der Waals surface area contributed by atoms with Crippen LogP contribution in [0.3, 0.4) is 0 Å². The molecule has 0 aromatic heterocycles. The van der Waals surface area contributed by atoms with Gasteiger partial charge in [-0.15, -0.1) is 0 Å². The Morgan fingerprint density at radius 1 is 1.12 bits per heavy atom. The van der Waals surface area contributed by atoms with Gasteiger partial charge in [0.15, 0.2) is 0 Å². The van der Waals surface area contributed by atoms with E-state index < -0.39 is 0 Å². The standard InChI is InChI=1S/C6H14O3.C5H9NO/c1-7-3-5-9-6-4-8-2;1-6-4-2-3-5(6)7/h3-6H2,1-2H3;2-4H2,1H3. The second-order valence-electron chi connectivity index (χ2n) is 3.52. The molecule has 5 nitrogen and oxygen atoms in total. The maximum atomic E-state index is 10.5. The number of hydrogen-bond donors (Lipinski definition) is 0. The van der Waals surface area contributed by atoms with E-state index in [9.17, 15) is 4.79 Å². The van der Waals surface area contributed by atoms with E-state index >= 15 is 0 Å². The van der Waals surface area contributed by atoms with Gasteiger partial charge in [-0.05, 0) is 6.42 Å². The molecule has 0 atom stereocenters. The average molecular weight is 233 g/mol. The van der Waals surface area contributed by atoms with Crippen LogP contribution in [0.4, 0.5) is 0 Å². The highest BCUT2D eigenvalue weighted by molar-refractivity contribution is 5.77. The SMILES string of the molecule is CN1CCCC1=O.COCCOCCOC. The zero-order valence-electron chi connectivity index (χ0n) is 10.5. The maximum absolute atomic E-state index is 10.5. The zero-order chi connectivity index (χ0) is 12.2. The second-order valence-corrected chi connectivity index (χ2v) is 3.52. The van der Waals surface area contributed by atoms with Crippen LogP contribution in [0.15, 0.2) is 0 Å². The molecule has 16 heavy (non-hydrogen) atoms. The fraction of sp³-hybridized carbons (Fsp3) is 0.909. The number of ether oxygens (including phenoxy) is 3. The molecule has 0 N–H and O–H groups in total. The molecule has 1 aliphatic heterocycles. The molecule has 1 rings (SSSR count). The van der Waals surface area contributed by atoms with Gasteiger partial charge < -0.3 is 19.1 Å². The Hall–Kier alpha value is -0.650. The van der Waals surface area contributed by atoms with Crippen molar-refractivity contribution < 1.29 is 19.0 Å². The summed E-state index contributed by atoms with van der Waals surface area (Å²) in [6.45, 7) is 3.58. The molecule has 0 aliphatic carbocycles. The molecule has 1 aliphatic rings. The topological polar surface area (TPSA) is 48.0 Å². The van der Waals surface area contributed by atoms with Crippen molar-refractivity contribution in [3.05, 3.63) is 0 Å². The molecule has 5 heteroatoms. The molecule has 1 saturated heterocycles. The van der Waals surface area contributed by atoms with E-state index in [1.54, 1.807) is 19.1 Å². The van der Waals surface area contributed by atoms with E-state index in [1.807, 2.05) is 7.05 Å². The third-order valence-electron chi connectivity index (χ3n) is 2.17. The Labute approximate surface area is 97.7 Å². The van der Waals surface area contributed by atoms with Crippen LogP contribution in [0.5, 0.6) is 0 Å². The molecule has 1 amide bonds. The minimum absolute atomic E-state index is 0.292. The summed E-state index contributed by atoms with van der Waals surface area (Å²) in [6.07, 6.45) is 1.81. The van der Waals surface area contributed by atoms with Crippen LogP contribution in [-0.4, -0.2) is 65.0 Å². The van der Waals surface area contributed by atoms with Gasteiger partial charge in [-0.2, -0.15) is 0 Å². The highest BCUT2D eigenvalue weighted by Crippen LogP contribution is 2.04. The van der Waals surface area contributed by atoms with Crippen LogP contribution in [0.2, 0.25) is 0 Å². The molecule has 1 fully saturated rings. The Morgan fingerprint density at radius 3 is 1.94 bits per heavy atom. The monoisotopic (exact) mass is 233 g/mol. The van der Waals surface area contributed by atoms with Crippen molar-refractivity contribution in [1.82, 2.24) is 4.90 Å². The van der Waals surface area contributed by atoms with E-state index in [1.165, 1.54) is 0 Å². The van der Waals surface area contributed by atoms with E-state index in [0.29, 0.717) is 32.3 Å². The summed E-state index contributed by atoms with van der Waals surface area (Å²) < 4.78 is 14.6.